The molecule has 0 spiro atoms. The molecule has 1 aromatic heterocycles. The number of hydrogen-bond donors (Lipinski definition) is 0. The zero-order valence-corrected chi connectivity index (χ0v) is 13.0. The van der Waals surface area contributed by atoms with Crippen molar-refractivity contribution in [3.8, 4) is 5.69 Å². The van der Waals surface area contributed by atoms with Crippen LogP contribution in [0.25, 0.3) is 5.69 Å². The molecule has 0 unspecified atom stereocenters. The van der Waals surface area contributed by atoms with E-state index in [-0.39, 0.29) is 23.0 Å². The van der Waals surface area contributed by atoms with Crippen molar-refractivity contribution in [3.05, 3.63) is 46.2 Å². The molecule has 0 aliphatic carbocycles. The molecule has 2 rings (SSSR count). The van der Waals surface area contributed by atoms with E-state index in [1.165, 1.54) is 6.07 Å². The molecule has 118 valence electrons. The van der Waals surface area contributed by atoms with Gasteiger partial charge in [-0.05, 0) is 25.5 Å². The number of carbonyl (C=O) groups is 1. The van der Waals surface area contributed by atoms with Crippen LogP contribution in [0.15, 0.2) is 18.2 Å². The van der Waals surface area contributed by atoms with E-state index in [9.17, 15) is 13.6 Å². The number of aryl methyl sites for hydroxylation is 1. The maximum atomic E-state index is 14.0. The number of esters is 1. The lowest BCUT2D eigenvalue weighted by molar-refractivity contribution is 0.0516. The van der Waals surface area contributed by atoms with Crippen molar-refractivity contribution >= 4 is 17.6 Å². The standard InChI is InChI=1S/C15H15ClF2N2O2/c1-3-5-11-13(16)14(15(21)22-4-2)20(19-11)12-7-6-9(17)8-10(12)18/h6-8H,3-5H2,1-2H3. The lowest BCUT2D eigenvalue weighted by Crippen LogP contribution is -2.13. The Hall–Kier alpha value is -1.95. The number of carbonyl (C=O) groups excluding carboxylic acids is 1. The van der Waals surface area contributed by atoms with E-state index in [0.717, 1.165) is 23.2 Å². The minimum Gasteiger partial charge on any atom is -0.461 e. The highest BCUT2D eigenvalue weighted by atomic mass is 35.5. The summed E-state index contributed by atoms with van der Waals surface area (Å²) in [6.45, 7) is 3.73. The van der Waals surface area contributed by atoms with E-state index in [0.29, 0.717) is 12.1 Å². The molecule has 0 amide bonds. The summed E-state index contributed by atoms with van der Waals surface area (Å²) in [4.78, 5) is 12.1. The molecular weight excluding hydrogens is 314 g/mol. The lowest BCUT2D eigenvalue weighted by atomic mass is 10.2. The Morgan fingerprint density at radius 2 is 2.09 bits per heavy atom. The summed E-state index contributed by atoms with van der Waals surface area (Å²) in [5, 5.41) is 4.31. The number of halogens is 3. The molecule has 0 atom stereocenters. The minimum absolute atomic E-state index is 0.0579. The van der Waals surface area contributed by atoms with Crippen LogP contribution in [-0.4, -0.2) is 22.4 Å². The summed E-state index contributed by atoms with van der Waals surface area (Å²) in [6, 6.07) is 3.01. The van der Waals surface area contributed by atoms with E-state index in [1.807, 2.05) is 6.92 Å². The first kappa shape index (κ1) is 16.4. The average Bonchev–Trinajstić information content (AvgIpc) is 2.77. The van der Waals surface area contributed by atoms with Gasteiger partial charge in [0.05, 0.1) is 17.3 Å². The Morgan fingerprint density at radius 1 is 1.36 bits per heavy atom. The van der Waals surface area contributed by atoms with Gasteiger partial charge in [0.2, 0.25) is 0 Å². The van der Waals surface area contributed by atoms with Gasteiger partial charge in [-0.25, -0.2) is 18.3 Å². The average molecular weight is 329 g/mol. The molecule has 0 saturated heterocycles. The fourth-order valence-corrected chi connectivity index (χ4v) is 2.33. The van der Waals surface area contributed by atoms with Crippen molar-refractivity contribution in [2.45, 2.75) is 26.7 Å². The first-order chi connectivity index (χ1) is 10.5. The molecule has 22 heavy (non-hydrogen) atoms. The fourth-order valence-electron chi connectivity index (χ4n) is 2.04. The molecule has 0 fully saturated rings. The van der Waals surface area contributed by atoms with E-state index in [1.54, 1.807) is 6.92 Å². The minimum atomic E-state index is -0.840. The molecule has 4 nitrogen and oxygen atoms in total. The molecule has 0 saturated carbocycles. The predicted octanol–water partition coefficient (Wildman–Crippen LogP) is 3.93. The van der Waals surface area contributed by atoms with E-state index in [4.69, 9.17) is 16.3 Å². The third-order valence-electron chi connectivity index (χ3n) is 2.99. The summed E-state index contributed by atoms with van der Waals surface area (Å²) >= 11 is 6.19. The largest absolute Gasteiger partial charge is 0.461 e. The van der Waals surface area contributed by atoms with Crippen molar-refractivity contribution in [2.24, 2.45) is 0 Å². The summed E-state index contributed by atoms with van der Waals surface area (Å²) in [6.07, 6.45) is 1.28. The Kier molecular flexibility index (Phi) is 5.13. The molecule has 2 aromatic rings. The summed E-state index contributed by atoms with van der Waals surface area (Å²) in [5.41, 5.74) is 0.349. The second-order valence-corrected chi connectivity index (χ2v) is 4.97. The van der Waals surface area contributed by atoms with Gasteiger partial charge in [-0.15, -0.1) is 0 Å². The predicted molar refractivity (Wildman–Crippen MR) is 78.4 cm³/mol. The van der Waals surface area contributed by atoms with Crippen LogP contribution in [0.2, 0.25) is 5.02 Å². The van der Waals surface area contributed by atoms with Crippen LogP contribution >= 0.6 is 11.6 Å². The van der Waals surface area contributed by atoms with Gasteiger partial charge in [0.25, 0.3) is 0 Å². The Morgan fingerprint density at radius 3 is 2.68 bits per heavy atom. The van der Waals surface area contributed by atoms with Crippen molar-refractivity contribution in [1.82, 2.24) is 9.78 Å². The van der Waals surface area contributed by atoms with Gasteiger partial charge in [0.1, 0.15) is 11.5 Å². The van der Waals surface area contributed by atoms with Gasteiger partial charge >= 0.3 is 5.97 Å². The van der Waals surface area contributed by atoms with Crippen LogP contribution in [0.4, 0.5) is 8.78 Å². The van der Waals surface area contributed by atoms with Crippen LogP contribution < -0.4 is 0 Å². The number of ether oxygens (including phenoxy) is 1. The normalized spacial score (nSPS) is 10.8. The van der Waals surface area contributed by atoms with Crippen LogP contribution in [0.1, 0.15) is 36.5 Å². The number of aromatic nitrogens is 2. The number of nitrogens with zero attached hydrogens (tertiary/aromatic N) is 2. The Labute approximate surface area is 131 Å². The molecule has 0 radical (unpaired) electrons. The van der Waals surface area contributed by atoms with Gasteiger partial charge in [0, 0.05) is 6.07 Å². The van der Waals surface area contributed by atoms with Crippen molar-refractivity contribution in [2.75, 3.05) is 6.61 Å². The molecular formula is C15H15ClF2N2O2. The maximum Gasteiger partial charge on any atom is 0.358 e. The monoisotopic (exact) mass is 328 g/mol. The molecule has 0 bridgehead atoms. The first-order valence-corrected chi connectivity index (χ1v) is 7.27. The lowest BCUT2D eigenvalue weighted by Gasteiger charge is -2.08. The number of rotatable bonds is 5. The van der Waals surface area contributed by atoms with E-state index >= 15 is 0 Å². The van der Waals surface area contributed by atoms with E-state index < -0.39 is 17.6 Å². The van der Waals surface area contributed by atoms with Crippen molar-refractivity contribution in [3.63, 3.8) is 0 Å². The molecule has 0 aliphatic heterocycles. The third-order valence-corrected chi connectivity index (χ3v) is 3.38. The molecule has 7 heteroatoms. The number of benzene rings is 1. The summed E-state index contributed by atoms with van der Waals surface area (Å²) in [5.74, 6) is -2.26. The second-order valence-electron chi connectivity index (χ2n) is 4.59. The third kappa shape index (κ3) is 3.11. The molecule has 0 N–H and O–H groups in total. The Balaban J connectivity index is 2.62. The fraction of sp³-hybridized carbons (Fsp3) is 0.333. The van der Waals surface area contributed by atoms with Gasteiger partial charge in [-0.2, -0.15) is 5.10 Å². The van der Waals surface area contributed by atoms with Crippen LogP contribution in [-0.2, 0) is 11.2 Å². The number of hydrogen-bond acceptors (Lipinski definition) is 3. The topological polar surface area (TPSA) is 44.1 Å². The van der Waals surface area contributed by atoms with Crippen LogP contribution in [0.5, 0.6) is 0 Å². The van der Waals surface area contributed by atoms with Crippen LogP contribution in [0.3, 0.4) is 0 Å². The maximum absolute atomic E-state index is 14.0. The van der Waals surface area contributed by atoms with Gasteiger partial charge in [0.15, 0.2) is 11.5 Å². The highest BCUT2D eigenvalue weighted by molar-refractivity contribution is 6.34. The van der Waals surface area contributed by atoms with Crippen molar-refractivity contribution < 1.29 is 18.3 Å². The summed E-state index contributed by atoms with van der Waals surface area (Å²) in [7, 11) is 0. The zero-order chi connectivity index (χ0) is 16.3. The highest BCUT2D eigenvalue weighted by Gasteiger charge is 2.25. The first-order valence-electron chi connectivity index (χ1n) is 6.89. The van der Waals surface area contributed by atoms with Gasteiger partial charge < -0.3 is 4.74 Å². The molecule has 1 aromatic carbocycles. The highest BCUT2D eigenvalue weighted by Crippen LogP contribution is 2.27. The Bertz CT molecular complexity index is 701. The molecule has 0 aliphatic rings. The van der Waals surface area contributed by atoms with Crippen LogP contribution in [0, 0.1) is 11.6 Å². The second kappa shape index (κ2) is 6.87. The zero-order valence-electron chi connectivity index (χ0n) is 12.2. The van der Waals surface area contributed by atoms with Crippen molar-refractivity contribution in [1.29, 1.82) is 0 Å². The quantitative estimate of drug-likeness (QED) is 0.781. The smallest absolute Gasteiger partial charge is 0.358 e. The SMILES string of the molecule is CCCc1nn(-c2ccc(F)cc2F)c(C(=O)OCC)c1Cl. The molecule has 1 heterocycles. The van der Waals surface area contributed by atoms with Gasteiger partial charge in [-0.1, -0.05) is 24.9 Å². The summed E-state index contributed by atoms with van der Waals surface area (Å²) < 4.78 is 33.1. The van der Waals surface area contributed by atoms with Gasteiger partial charge in [-0.3, -0.25) is 0 Å². The van der Waals surface area contributed by atoms with E-state index in [2.05, 4.69) is 5.10 Å².